The van der Waals surface area contributed by atoms with Crippen LogP contribution in [0.15, 0.2) is 48.2 Å². The highest BCUT2D eigenvalue weighted by molar-refractivity contribution is 7.15. The molecule has 2 aromatic heterocycles. The minimum atomic E-state index is -0.494. The summed E-state index contributed by atoms with van der Waals surface area (Å²) in [5, 5.41) is 21.5. The number of aryl methyl sites for hydroxylation is 1. The first-order valence-corrected chi connectivity index (χ1v) is 9.78. The molecule has 1 N–H and O–H groups in total. The standard InChI is InChI=1S/C21H21N5OS/c1-14(2)11-19-24-25-21(28-19)23-20(27)16(13-22)12-18-5-4-10-26(18)17-8-6-15(3)7-9-17/h4-10,12,14H,11H2,1-3H3,(H,23,25,27). The third kappa shape index (κ3) is 4.72. The summed E-state index contributed by atoms with van der Waals surface area (Å²) >= 11 is 1.33. The van der Waals surface area contributed by atoms with Crippen LogP contribution in [-0.4, -0.2) is 20.7 Å². The van der Waals surface area contributed by atoms with Crippen molar-refractivity contribution in [2.75, 3.05) is 5.32 Å². The van der Waals surface area contributed by atoms with E-state index in [-0.39, 0.29) is 5.57 Å². The highest BCUT2D eigenvalue weighted by atomic mass is 32.1. The van der Waals surface area contributed by atoms with Crippen molar-refractivity contribution in [3.05, 3.63) is 64.4 Å². The lowest BCUT2D eigenvalue weighted by atomic mass is 10.1. The predicted octanol–water partition coefficient (Wildman–Crippen LogP) is 4.38. The predicted molar refractivity (Wildman–Crippen MR) is 111 cm³/mol. The molecule has 0 aliphatic heterocycles. The molecular formula is C21H21N5OS. The van der Waals surface area contributed by atoms with Gasteiger partial charge in [0, 0.05) is 24.0 Å². The Hall–Kier alpha value is -3.24. The van der Waals surface area contributed by atoms with Gasteiger partial charge in [-0.05, 0) is 43.2 Å². The van der Waals surface area contributed by atoms with Crippen molar-refractivity contribution in [1.82, 2.24) is 14.8 Å². The van der Waals surface area contributed by atoms with Gasteiger partial charge in [0.05, 0.1) is 0 Å². The summed E-state index contributed by atoms with van der Waals surface area (Å²) in [6.45, 7) is 6.22. The lowest BCUT2D eigenvalue weighted by Gasteiger charge is -2.07. The van der Waals surface area contributed by atoms with Crippen LogP contribution in [-0.2, 0) is 11.2 Å². The van der Waals surface area contributed by atoms with Gasteiger partial charge in [0.15, 0.2) is 0 Å². The van der Waals surface area contributed by atoms with Gasteiger partial charge in [-0.15, -0.1) is 10.2 Å². The maximum atomic E-state index is 12.5. The Morgan fingerprint density at radius 1 is 1.29 bits per heavy atom. The summed E-state index contributed by atoms with van der Waals surface area (Å²) < 4.78 is 1.93. The summed E-state index contributed by atoms with van der Waals surface area (Å²) in [7, 11) is 0. The molecule has 0 fully saturated rings. The van der Waals surface area contributed by atoms with Crippen molar-refractivity contribution in [1.29, 1.82) is 5.26 Å². The van der Waals surface area contributed by atoms with E-state index in [1.54, 1.807) is 6.08 Å². The topological polar surface area (TPSA) is 83.6 Å². The fraction of sp³-hybridized carbons (Fsp3) is 0.238. The Morgan fingerprint density at radius 2 is 2.04 bits per heavy atom. The minimum Gasteiger partial charge on any atom is -0.317 e. The normalized spacial score (nSPS) is 11.5. The van der Waals surface area contributed by atoms with E-state index in [0.717, 1.165) is 22.8 Å². The van der Waals surface area contributed by atoms with Crippen molar-refractivity contribution in [2.45, 2.75) is 27.2 Å². The molecule has 0 aliphatic rings. The Morgan fingerprint density at radius 3 is 2.71 bits per heavy atom. The largest absolute Gasteiger partial charge is 0.317 e. The number of amides is 1. The molecule has 3 aromatic rings. The zero-order valence-corrected chi connectivity index (χ0v) is 16.8. The van der Waals surface area contributed by atoms with Crippen LogP contribution in [0.5, 0.6) is 0 Å². The summed E-state index contributed by atoms with van der Waals surface area (Å²) in [6.07, 6.45) is 4.27. The van der Waals surface area contributed by atoms with Gasteiger partial charge in [-0.2, -0.15) is 5.26 Å². The van der Waals surface area contributed by atoms with Crippen molar-refractivity contribution in [3.63, 3.8) is 0 Å². The number of nitriles is 1. The van der Waals surface area contributed by atoms with E-state index < -0.39 is 5.91 Å². The van der Waals surface area contributed by atoms with E-state index in [2.05, 4.69) is 29.4 Å². The molecule has 1 amide bonds. The third-order valence-corrected chi connectivity index (χ3v) is 4.88. The first-order chi connectivity index (χ1) is 13.5. The number of hydrogen-bond donors (Lipinski definition) is 1. The molecule has 7 heteroatoms. The highest BCUT2D eigenvalue weighted by Crippen LogP contribution is 2.20. The molecule has 28 heavy (non-hydrogen) atoms. The van der Waals surface area contributed by atoms with Gasteiger partial charge in [0.25, 0.3) is 5.91 Å². The Bertz CT molecular complexity index is 1040. The molecule has 142 valence electrons. The molecule has 0 bridgehead atoms. The van der Waals surface area contributed by atoms with E-state index in [1.807, 2.05) is 60.2 Å². The van der Waals surface area contributed by atoms with Crippen molar-refractivity contribution < 1.29 is 4.79 Å². The Labute approximate surface area is 168 Å². The van der Waals surface area contributed by atoms with E-state index >= 15 is 0 Å². The van der Waals surface area contributed by atoms with Gasteiger partial charge in [-0.3, -0.25) is 10.1 Å². The van der Waals surface area contributed by atoms with Crippen LogP contribution in [0.3, 0.4) is 0 Å². The number of anilines is 1. The smallest absolute Gasteiger partial charge is 0.268 e. The van der Waals surface area contributed by atoms with Gasteiger partial charge >= 0.3 is 0 Å². The second-order valence-electron chi connectivity index (χ2n) is 6.86. The SMILES string of the molecule is Cc1ccc(-n2cccc2C=C(C#N)C(=O)Nc2nnc(CC(C)C)s2)cc1. The molecule has 0 spiro atoms. The molecule has 3 rings (SSSR count). The monoisotopic (exact) mass is 391 g/mol. The molecule has 0 saturated heterocycles. The lowest BCUT2D eigenvalue weighted by molar-refractivity contribution is -0.112. The minimum absolute atomic E-state index is 0.00710. The summed E-state index contributed by atoms with van der Waals surface area (Å²) in [5.41, 5.74) is 2.88. The molecule has 6 nitrogen and oxygen atoms in total. The first-order valence-electron chi connectivity index (χ1n) is 8.96. The van der Waals surface area contributed by atoms with Crippen LogP contribution < -0.4 is 5.32 Å². The van der Waals surface area contributed by atoms with Crippen LogP contribution in [0.4, 0.5) is 5.13 Å². The highest BCUT2D eigenvalue weighted by Gasteiger charge is 2.14. The quantitative estimate of drug-likeness (QED) is 0.499. The molecule has 0 atom stereocenters. The van der Waals surface area contributed by atoms with Crippen molar-refractivity contribution in [2.24, 2.45) is 5.92 Å². The number of nitrogens with zero attached hydrogens (tertiary/aromatic N) is 4. The number of benzene rings is 1. The van der Waals surface area contributed by atoms with Crippen molar-refractivity contribution >= 4 is 28.5 Å². The average Bonchev–Trinajstić information content (AvgIpc) is 3.29. The molecule has 0 aliphatic carbocycles. The molecule has 0 unspecified atom stereocenters. The van der Waals surface area contributed by atoms with Crippen LogP contribution in [0.25, 0.3) is 11.8 Å². The number of hydrogen-bond acceptors (Lipinski definition) is 5. The van der Waals surface area contributed by atoms with Gasteiger partial charge in [-0.25, -0.2) is 0 Å². The second-order valence-corrected chi connectivity index (χ2v) is 7.92. The number of nitrogens with one attached hydrogen (secondary N) is 1. The second kappa shape index (κ2) is 8.63. The van der Waals surface area contributed by atoms with Crippen LogP contribution >= 0.6 is 11.3 Å². The summed E-state index contributed by atoms with van der Waals surface area (Å²) in [5.74, 6) is -0.0352. The van der Waals surface area contributed by atoms with Crippen LogP contribution in [0.1, 0.15) is 30.1 Å². The van der Waals surface area contributed by atoms with Crippen molar-refractivity contribution in [3.8, 4) is 11.8 Å². The summed E-state index contributed by atoms with van der Waals surface area (Å²) in [6, 6.07) is 13.7. The number of carbonyl (C=O) groups is 1. The zero-order chi connectivity index (χ0) is 20.1. The maximum absolute atomic E-state index is 12.5. The van der Waals surface area contributed by atoms with Gasteiger partial charge in [0.2, 0.25) is 5.13 Å². The third-order valence-electron chi connectivity index (χ3n) is 4.02. The fourth-order valence-electron chi connectivity index (χ4n) is 2.65. The van der Waals surface area contributed by atoms with Gasteiger partial charge in [0.1, 0.15) is 16.6 Å². The van der Waals surface area contributed by atoms with Crippen LogP contribution in [0.2, 0.25) is 0 Å². The lowest BCUT2D eigenvalue weighted by Crippen LogP contribution is -2.13. The molecule has 0 radical (unpaired) electrons. The molecule has 0 saturated carbocycles. The molecule has 2 heterocycles. The van der Waals surface area contributed by atoms with E-state index in [9.17, 15) is 10.1 Å². The number of rotatable bonds is 6. The fourth-order valence-corrected chi connectivity index (χ4v) is 3.60. The first kappa shape index (κ1) is 19.5. The number of carbonyl (C=O) groups excluding carboxylic acids is 1. The van der Waals surface area contributed by atoms with E-state index in [1.165, 1.54) is 16.9 Å². The molecular weight excluding hydrogens is 370 g/mol. The average molecular weight is 392 g/mol. The van der Waals surface area contributed by atoms with E-state index in [4.69, 9.17) is 0 Å². The maximum Gasteiger partial charge on any atom is 0.268 e. The Balaban J connectivity index is 1.80. The van der Waals surface area contributed by atoms with Gasteiger partial charge in [-0.1, -0.05) is 42.9 Å². The number of aromatic nitrogens is 3. The van der Waals surface area contributed by atoms with E-state index in [0.29, 0.717) is 11.0 Å². The van der Waals surface area contributed by atoms with Crippen LogP contribution in [0, 0.1) is 24.2 Å². The molecule has 1 aromatic carbocycles. The zero-order valence-electron chi connectivity index (χ0n) is 16.0. The Kier molecular flexibility index (Phi) is 6.02. The van der Waals surface area contributed by atoms with Gasteiger partial charge < -0.3 is 4.57 Å². The summed E-state index contributed by atoms with van der Waals surface area (Å²) in [4.78, 5) is 12.5.